The van der Waals surface area contributed by atoms with Crippen LogP contribution in [-0.4, -0.2) is 63.2 Å². The minimum atomic E-state index is -4.77. The van der Waals surface area contributed by atoms with Crippen molar-refractivity contribution in [2.45, 2.75) is 76.0 Å². The average Bonchev–Trinajstić information content (AvgIpc) is 3.07. The van der Waals surface area contributed by atoms with E-state index in [0.717, 1.165) is 17.8 Å². The summed E-state index contributed by atoms with van der Waals surface area (Å²) in [4.78, 5) is 34.2. The molecular formula is C29H31ClF4N4O4S. The van der Waals surface area contributed by atoms with Gasteiger partial charge in [-0.2, -0.15) is 18.2 Å². The summed E-state index contributed by atoms with van der Waals surface area (Å²) in [5.41, 5.74) is -2.19. The molecule has 2 aliphatic rings. The van der Waals surface area contributed by atoms with Crippen LogP contribution in [0.15, 0.2) is 40.0 Å². The molecule has 14 heteroatoms. The third kappa shape index (κ3) is 6.38. The first-order valence-electron chi connectivity index (χ1n) is 13.7. The molecule has 232 valence electrons. The summed E-state index contributed by atoms with van der Waals surface area (Å²) >= 11 is 7.45. The third-order valence-electron chi connectivity index (χ3n) is 7.18. The summed E-state index contributed by atoms with van der Waals surface area (Å²) in [5, 5.41) is -0.388. The van der Waals surface area contributed by atoms with Crippen molar-refractivity contribution in [1.82, 2.24) is 14.5 Å². The predicted octanol–water partition coefficient (Wildman–Crippen LogP) is 6.60. The zero-order chi connectivity index (χ0) is 31.4. The maximum absolute atomic E-state index is 14.3. The van der Waals surface area contributed by atoms with Gasteiger partial charge in [-0.05, 0) is 65.0 Å². The first-order valence-corrected chi connectivity index (χ1v) is 15.1. The van der Waals surface area contributed by atoms with E-state index in [4.69, 9.17) is 21.1 Å². The number of halogens is 5. The van der Waals surface area contributed by atoms with Crippen LogP contribution in [0.3, 0.4) is 0 Å². The van der Waals surface area contributed by atoms with E-state index in [1.54, 1.807) is 44.4 Å². The minimum absolute atomic E-state index is 0.0130. The SMILES string of the molecule is C[C@@H]1CN(c2nc(=O)n3c4c(c(Cl)c(C(F)(F)F)cc24)SC[C@@H](Oc2ccc(F)cc2)C3)C[C@H](C)N1C(=O)OC(C)(C)C. The Kier molecular flexibility index (Phi) is 8.27. The lowest BCUT2D eigenvalue weighted by Crippen LogP contribution is -2.59. The molecule has 8 nitrogen and oxygen atoms in total. The number of alkyl halides is 3. The maximum Gasteiger partial charge on any atom is 0.417 e. The molecule has 0 saturated carbocycles. The second-order valence-corrected chi connectivity index (χ2v) is 13.2. The van der Waals surface area contributed by atoms with Crippen LogP contribution < -0.4 is 15.3 Å². The van der Waals surface area contributed by atoms with Gasteiger partial charge in [0.15, 0.2) is 0 Å². The molecule has 0 unspecified atom stereocenters. The zero-order valence-corrected chi connectivity index (χ0v) is 25.7. The highest BCUT2D eigenvalue weighted by Crippen LogP contribution is 2.46. The Morgan fingerprint density at radius 1 is 1.07 bits per heavy atom. The van der Waals surface area contributed by atoms with Gasteiger partial charge < -0.3 is 14.4 Å². The lowest BCUT2D eigenvalue weighted by Gasteiger charge is -2.45. The number of thioether (sulfide) groups is 1. The molecule has 0 spiro atoms. The molecule has 43 heavy (non-hydrogen) atoms. The van der Waals surface area contributed by atoms with Crippen molar-refractivity contribution in [3.8, 4) is 5.75 Å². The van der Waals surface area contributed by atoms with Gasteiger partial charge in [0.2, 0.25) is 0 Å². The number of rotatable bonds is 3. The topological polar surface area (TPSA) is 76.9 Å². The van der Waals surface area contributed by atoms with E-state index in [0.29, 0.717) is 5.75 Å². The second-order valence-electron chi connectivity index (χ2n) is 11.8. The summed E-state index contributed by atoms with van der Waals surface area (Å²) in [5.74, 6) is 0.155. The van der Waals surface area contributed by atoms with E-state index in [9.17, 15) is 27.2 Å². The van der Waals surface area contributed by atoms with Gasteiger partial charge >= 0.3 is 18.0 Å². The Hall–Kier alpha value is -3.19. The van der Waals surface area contributed by atoms with Crippen LogP contribution in [-0.2, 0) is 17.5 Å². The van der Waals surface area contributed by atoms with Gasteiger partial charge in [-0.25, -0.2) is 14.0 Å². The first-order chi connectivity index (χ1) is 20.0. The van der Waals surface area contributed by atoms with Gasteiger partial charge in [0.05, 0.1) is 39.6 Å². The van der Waals surface area contributed by atoms with Gasteiger partial charge in [0, 0.05) is 24.2 Å². The second kappa shape index (κ2) is 11.4. The number of hydrogen-bond acceptors (Lipinski definition) is 7. The molecule has 1 saturated heterocycles. The molecule has 0 bridgehead atoms. The first kappa shape index (κ1) is 31.2. The van der Waals surface area contributed by atoms with Crippen molar-refractivity contribution in [3.05, 3.63) is 57.2 Å². The highest BCUT2D eigenvalue weighted by molar-refractivity contribution is 7.99. The Bertz CT molecular complexity index is 1600. The van der Waals surface area contributed by atoms with E-state index in [2.05, 4.69) is 4.98 Å². The number of amides is 1. The summed E-state index contributed by atoms with van der Waals surface area (Å²) in [7, 11) is 0. The fraction of sp³-hybridized carbons (Fsp3) is 0.483. The number of anilines is 1. The fourth-order valence-electron chi connectivity index (χ4n) is 5.50. The molecule has 3 heterocycles. The highest BCUT2D eigenvalue weighted by atomic mass is 35.5. The molecule has 5 rings (SSSR count). The van der Waals surface area contributed by atoms with Crippen LogP contribution in [0.4, 0.5) is 28.2 Å². The molecule has 3 aromatic rings. The number of ether oxygens (including phenoxy) is 2. The van der Waals surface area contributed by atoms with Crippen molar-refractivity contribution in [3.63, 3.8) is 0 Å². The van der Waals surface area contributed by atoms with Crippen LogP contribution >= 0.6 is 23.4 Å². The molecule has 0 radical (unpaired) electrons. The summed E-state index contributed by atoms with van der Waals surface area (Å²) in [6.45, 7) is 9.31. The smallest absolute Gasteiger partial charge is 0.417 e. The van der Waals surface area contributed by atoms with Crippen LogP contribution in [0, 0.1) is 5.82 Å². The number of hydrogen-bond donors (Lipinski definition) is 0. The molecule has 2 aliphatic heterocycles. The molecule has 3 atom stereocenters. The van der Waals surface area contributed by atoms with E-state index in [1.165, 1.54) is 28.8 Å². The van der Waals surface area contributed by atoms with Crippen molar-refractivity contribution in [2.75, 3.05) is 23.7 Å². The van der Waals surface area contributed by atoms with Gasteiger partial charge in [0.1, 0.15) is 29.1 Å². The van der Waals surface area contributed by atoms with Gasteiger partial charge in [-0.15, -0.1) is 11.8 Å². The van der Waals surface area contributed by atoms with Gasteiger partial charge in [-0.3, -0.25) is 9.47 Å². The number of nitrogens with zero attached hydrogens (tertiary/aromatic N) is 4. The van der Waals surface area contributed by atoms with Crippen molar-refractivity contribution >= 4 is 46.2 Å². The van der Waals surface area contributed by atoms with E-state index >= 15 is 0 Å². The number of piperazine rings is 1. The lowest BCUT2D eigenvalue weighted by molar-refractivity contribution is -0.137. The normalized spacial score (nSPS) is 21.1. The van der Waals surface area contributed by atoms with Crippen molar-refractivity contribution < 1.29 is 31.8 Å². The summed E-state index contributed by atoms with van der Waals surface area (Å²) in [6, 6.07) is 5.47. The molecule has 1 amide bonds. The average molecular weight is 643 g/mol. The Morgan fingerprint density at radius 3 is 2.28 bits per heavy atom. The Balaban J connectivity index is 1.58. The van der Waals surface area contributed by atoms with Crippen molar-refractivity contribution in [2.24, 2.45) is 0 Å². The molecule has 2 aromatic carbocycles. The van der Waals surface area contributed by atoms with E-state index in [-0.39, 0.29) is 47.0 Å². The summed E-state index contributed by atoms with van der Waals surface area (Å²) < 4.78 is 69.0. The monoisotopic (exact) mass is 642 g/mol. The Morgan fingerprint density at radius 2 is 1.70 bits per heavy atom. The van der Waals surface area contributed by atoms with Crippen LogP contribution in [0.5, 0.6) is 5.75 Å². The van der Waals surface area contributed by atoms with Gasteiger partial charge in [-0.1, -0.05) is 11.6 Å². The quantitative estimate of drug-likeness (QED) is 0.298. The zero-order valence-electron chi connectivity index (χ0n) is 24.2. The number of benzene rings is 2. The highest BCUT2D eigenvalue weighted by Gasteiger charge is 2.40. The van der Waals surface area contributed by atoms with Crippen LogP contribution in [0.25, 0.3) is 10.9 Å². The summed E-state index contributed by atoms with van der Waals surface area (Å²) in [6.07, 6.45) is -5.92. The number of aromatic nitrogens is 2. The standard InChI is InChI=1S/C29H31ClF4N4O4S/c1-15-11-36(12-16(2)38(15)27(40)42-28(3,4)5)25-20-10-21(29(32,33)34)22(30)24-23(20)37(26(39)35-25)13-19(14-43-24)41-18-8-6-17(31)7-9-18/h6-10,15-16,19H,11-14H2,1-5H3/t15-,16+,19-/m0/s1. The number of carbonyl (C=O) groups excluding carboxylic acids is 1. The van der Waals surface area contributed by atoms with Crippen molar-refractivity contribution in [1.29, 1.82) is 0 Å². The maximum atomic E-state index is 14.3. The Labute approximate surface area is 254 Å². The molecule has 1 fully saturated rings. The van der Waals surface area contributed by atoms with Crippen LogP contribution in [0.1, 0.15) is 40.2 Å². The predicted molar refractivity (Wildman–Crippen MR) is 157 cm³/mol. The van der Waals surface area contributed by atoms with Gasteiger partial charge in [0.25, 0.3) is 0 Å². The van der Waals surface area contributed by atoms with E-state index < -0.39 is 58.2 Å². The molecule has 1 aromatic heterocycles. The molecule has 0 N–H and O–H groups in total. The lowest BCUT2D eigenvalue weighted by atomic mass is 10.1. The van der Waals surface area contributed by atoms with E-state index in [1.807, 2.05) is 0 Å². The molecule has 0 aliphatic carbocycles. The van der Waals surface area contributed by atoms with Crippen LogP contribution in [0.2, 0.25) is 5.02 Å². The fourth-order valence-corrected chi connectivity index (χ4v) is 7.03. The molecular weight excluding hydrogens is 612 g/mol. The number of carbonyl (C=O) groups is 1. The third-order valence-corrected chi connectivity index (χ3v) is 8.91. The largest absolute Gasteiger partial charge is 0.488 e. The minimum Gasteiger partial charge on any atom is -0.488 e.